The number of nitrogens with one attached hydrogen (secondary N) is 1. The lowest BCUT2D eigenvalue weighted by atomic mass is 10.0. The fraction of sp³-hybridized carbons (Fsp3) is 0.0800. The molecule has 1 N–H and O–H groups in total. The molecular weight excluding hydrogens is 455 g/mol. The summed E-state index contributed by atoms with van der Waals surface area (Å²) in [7, 11) is 1.49. The smallest absolute Gasteiger partial charge is 0.269 e. The number of nitrogens with zero attached hydrogens (tertiary/aromatic N) is 3. The highest BCUT2D eigenvalue weighted by Crippen LogP contribution is 2.30. The summed E-state index contributed by atoms with van der Waals surface area (Å²) in [4.78, 5) is 36.8. The Bertz CT molecular complexity index is 1480. The van der Waals surface area contributed by atoms with Gasteiger partial charge in [-0.3, -0.25) is 19.7 Å². The van der Waals surface area contributed by atoms with E-state index in [1.54, 1.807) is 24.3 Å². The van der Waals surface area contributed by atoms with Gasteiger partial charge in [0.2, 0.25) is 5.43 Å². The zero-order valence-electron chi connectivity index (χ0n) is 18.7. The van der Waals surface area contributed by atoms with Gasteiger partial charge < -0.3 is 10.1 Å². The predicted molar refractivity (Wildman–Crippen MR) is 128 cm³/mol. The number of halogens is 1. The van der Waals surface area contributed by atoms with E-state index in [1.165, 1.54) is 67.2 Å². The molecule has 35 heavy (non-hydrogen) atoms. The topological polar surface area (TPSA) is 116 Å². The third-order valence-corrected chi connectivity index (χ3v) is 5.26. The second-order valence-electron chi connectivity index (χ2n) is 7.52. The highest BCUT2D eigenvalue weighted by atomic mass is 19.1. The Labute approximate surface area is 198 Å². The molecule has 0 aliphatic rings. The summed E-state index contributed by atoms with van der Waals surface area (Å²) in [5, 5.41) is 18.0. The molecular formula is C25H19FN4O5. The van der Waals surface area contributed by atoms with E-state index in [0.29, 0.717) is 17.0 Å². The summed E-state index contributed by atoms with van der Waals surface area (Å²) >= 11 is 0. The number of aromatic nitrogens is 2. The van der Waals surface area contributed by atoms with Gasteiger partial charge in [-0.05, 0) is 61.0 Å². The van der Waals surface area contributed by atoms with Crippen LogP contribution in [-0.2, 0) is 0 Å². The second kappa shape index (κ2) is 9.56. The van der Waals surface area contributed by atoms with Crippen LogP contribution in [0.2, 0.25) is 0 Å². The number of anilines is 1. The Morgan fingerprint density at radius 3 is 2.40 bits per heavy atom. The molecule has 1 heterocycles. The summed E-state index contributed by atoms with van der Waals surface area (Å²) < 4.78 is 20.2. The Kier molecular flexibility index (Phi) is 6.36. The highest BCUT2D eigenvalue weighted by Gasteiger charge is 2.21. The quantitative estimate of drug-likeness (QED) is 0.325. The van der Waals surface area contributed by atoms with Crippen LogP contribution in [0.1, 0.15) is 16.1 Å². The zero-order chi connectivity index (χ0) is 25.1. The standard InChI is InChI=1S/C25H19FN4O5/c1-15-23(31)22(17-4-3-5-21(14-17)35-2)24(29(28-15)19-12-8-18(26)9-13-19)27-25(32)16-6-10-20(11-7-16)30(33)34/h3-14H,1-2H3,(H,27,32). The maximum Gasteiger partial charge on any atom is 0.269 e. The molecule has 0 saturated heterocycles. The van der Waals surface area contributed by atoms with Crippen molar-refractivity contribution in [1.82, 2.24) is 9.78 Å². The van der Waals surface area contributed by atoms with E-state index in [1.807, 2.05) is 0 Å². The van der Waals surface area contributed by atoms with Crippen molar-refractivity contribution in [3.8, 4) is 22.6 Å². The van der Waals surface area contributed by atoms with Gasteiger partial charge in [-0.15, -0.1) is 0 Å². The van der Waals surface area contributed by atoms with E-state index in [-0.39, 0.29) is 28.3 Å². The van der Waals surface area contributed by atoms with Crippen molar-refractivity contribution in [2.75, 3.05) is 12.4 Å². The number of ether oxygens (including phenoxy) is 1. The molecule has 0 aliphatic heterocycles. The Morgan fingerprint density at radius 2 is 1.77 bits per heavy atom. The van der Waals surface area contributed by atoms with E-state index in [9.17, 15) is 24.1 Å². The van der Waals surface area contributed by atoms with Gasteiger partial charge in [0.1, 0.15) is 23.1 Å². The number of carbonyl (C=O) groups is 1. The van der Waals surface area contributed by atoms with Crippen molar-refractivity contribution in [3.63, 3.8) is 0 Å². The first-order valence-corrected chi connectivity index (χ1v) is 10.4. The van der Waals surface area contributed by atoms with E-state index < -0.39 is 22.1 Å². The molecule has 0 radical (unpaired) electrons. The summed E-state index contributed by atoms with van der Waals surface area (Å²) in [6.07, 6.45) is 0. The number of methoxy groups -OCH3 is 1. The van der Waals surface area contributed by atoms with Gasteiger partial charge in [0.05, 0.1) is 23.3 Å². The molecule has 1 amide bonds. The number of non-ortho nitro benzene ring substituents is 1. The minimum absolute atomic E-state index is 0.0452. The van der Waals surface area contributed by atoms with Crippen LogP contribution in [-0.4, -0.2) is 27.7 Å². The van der Waals surface area contributed by atoms with Crippen molar-refractivity contribution < 1.29 is 18.8 Å². The van der Waals surface area contributed by atoms with E-state index in [0.717, 1.165) is 0 Å². The monoisotopic (exact) mass is 474 g/mol. The number of nitro groups is 1. The van der Waals surface area contributed by atoms with Crippen molar-refractivity contribution in [2.24, 2.45) is 0 Å². The molecule has 0 bridgehead atoms. The first kappa shape index (κ1) is 23.3. The average Bonchev–Trinajstić information content (AvgIpc) is 2.87. The van der Waals surface area contributed by atoms with Crippen LogP contribution >= 0.6 is 0 Å². The molecule has 0 aliphatic carbocycles. The van der Waals surface area contributed by atoms with Crippen LogP contribution in [0.4, 0.5) is 15.9 Å². The third kappa shape index (κ3) is 4.76. The van der Waals surface area contributed by atoms with Gasteiger partial charge in [-0.2, -0.15) is 5.10 Å². The Morgan fingerprint density at radius 1 is 1.09 bits per heavy atom. The van der Waals surface area contributed by atoms with Crippen LogP contribution in [0, 0.1) is 22.9 Å². The van der Waals surface area contributed by atoms with Crippen LogP contribution in [0.25, 0.3) is 16.8 Å². The minimum atomic E-state index is -0.620. The van der Waals surface area contributed by atoms with Crippen molar-refractivity contribution in [2.45, 2.75) is 6.92 Å². The summed E-state index contributed by atoms with van der Waals surface area (Å²) in [5.74, 6) is -0.540. The van der Waals surface area contributed by atoms with Gasteiger partial charge in [0.15, 0.2) is 0 Å². The lowest BCUT2D eigenvalue weighted by molar-refractivity contribution is -0.384. The first-order chi connectivity index (χ1) is 16.8. The normalized spacial score (nSPS) is 10.6. The highest BCUT2D eigenvalue weighted by molar-refractivity contribution is 6.06. The van der Waals surface area contributed by atoms with Gasteiger partial charge in [0, 0.05) is 17.7 Å². The molecule has 10 heteroatoms. The van der Waals surface area contributed by atoms with E-state index in [4.69, 9.17) is 4.74 Å². The van der Waals surface area contributed by atoms with E-state index in [2.05, 4.69) is 10.4 Å². The predicted octanol–water partition coefficient (Wildman–Crippen LogP) is 4.52. The molecule has 0 atom stereocenters. The summed E-state index contributed by atoms with van der Waals surface area (Å²) in [6, 6.07) is 17.2. The molecule has 176 valence electrons. The number of benzene rings is 3. The molecule has 0 spiro atoms. The lowest BCUT2D eigenvalue weighted by Gasteiger charge is -2.18. The fourth-order valence-electron chi connectivity index (χ4n) is 3.48. The first-order valence-electron chi connectivity index (χ1n) is 10.4. The number of hydrogen-bond acceptors (Lipinski definition) is 6. The molecule has 0 fully saturated rings. The molecule has 4 aromatic rings. The summed E-state index contributed by atoms with van der Waals surface area (Å²) in [6.45, 7) is 1.54. The summed E-state index contributed by atoms with van der Waals surface area (Å²) in [5.41, 5.74) is 0.712. The Hall–Kier alpha value is -4.86. The van der Waals surface area contributed by atoms with Crippen LogP contribution in [0.15, 0.2) is 77.6 Å². The second-order valence-corrected chi connectivity index (χ2v) is 7.52. The number of carbonyl (C=O) groups excluding carboxylic acids is 1. The average molecular weight is 474 g/mol. The van der Waals surface area contributed by atoms with Gasteiger partial charge in [-0.1, -0.05) is 12.1 Å². The van der Waals surface area contributed by atoms with Gasteiger partial charge >= 0.3 is 0 Å². The fourth-order valence-corrected chi connectivity index (χ4v) is 3.48. The molecule has 0 unspecified atom stereocenters. The lowest BCUT2D eigenvalue weighted by Crippen LogP contribution is -2.25. The van der Waals surface area contributed by atoms with Crippen molar-refractivity contribution >= 4 is 17.4 Å². The number of nitro benzene ring substituents is 1. The number of amides is 1. The largest absolute Gasteiger partial charge is 0.497 e. The SMILES string of the molecule is COc1cccc(-c2c(NC(=O)c3ccc([N+](=O)[O-])cc3)n(-c3ccc(F)cc3)nc(C)c2=O)c1. The maximum atomic E-state index is 13.6. The number of hydrogen-bond donors (Lipinski definition) is 1. The molecule has 3 aromatic carbocycles. The van der Waals surface area contributed by atoms with E-state index >= 15 is 0 Å². The van der Waals surface area contributed by atoms with Crippen LogP contribution in [0.5, 0.6) is 5.75 Å². The van der Waals surface area contributed by atoms with Crippen molar-refractivity contribution in [1.29, 1.82) is 0 Å². The van der Waals surface area contributed by atoms with Gasteiger partial charge in [0.25, 0.3) is 11.6 Å². The molecule has 9 nitrogen and oxygen atoms in total. The van der Waals surface area contributed by atoms with Crippen LogP contribution in [0.3, 0.4) is 0 Å². The van der Waals surface area contributed by atoms with Crippen LogP contribution < -0.4 is 15.5 Å². The number of aryl methyl sites for hydroxylation is 1. The number of rotatable bonds is 6. The Balaban J connectivity index is 1.92. The molecule has 4 rings (SSSR count). The zero-order valence-corrected chi connectivity index (χ0v) is 18.7. The third-order valence-electron chi connectivity index (χ3n) is 5.26. The van der Waals surface area contributed by atoms with Crippen molar-refractivity contribution in [3.05, 3.63) is 110 Å². The minimum Gasteiger partial charge on any atom is -0.497 e. The van der Waals surface area contributed by atoms with Gasteiger partial charge in [-0.25, -0.2) is 9.07 Å². The molecule has 1 aromatic heterocycles. The molecule has 0 saturated carbocycles. The maximum absolute atomic E-state index is 13.6.